The lowest BCUT2D eigenvalue weighted by atomic mass is 10.2. The monoisotopic (exact) mass is 471 g/mol. The summed E-state index contributed by atoms with van der Waals surface area (Å²) in [6.07, 6.45) is 0.384. The molecule has 0 aliphatic carbocycles. The van der Waals surface area contributed by atoms with E-state index >= 15 is 0 Å². The summed E-state index contributed by atoms with van der Waals surface area (Å²) >= 11 is 0. The quantitative estimate of drug-likeness (QED) is 0.208. The second-order valence-electron chi connectivity index (χ2n) is 7.04. The van der Waals surface area contributed by atoms with E-state index in [0.717, 1.165) is 32.0 Å². The number of amides is 1. The standard InChI is InChI=1S/C17H37N5O2.HI/c1-8-18-15(20-12-13-22(7)14(2)3)19-10-9-11-21-16(23)24-17(4,5)6;/h14H,8-13H2,1-7H3,(H,21,23)(H2,18,19,20);1H. The Kier molecular flexibility index (Phi) is 15.2. The highest BCUT2D eigenvalue weighted by Crippen LogP contribution is 2.06. The molecular formula is C17H38IN5O2. The summed E-state index contributed by atoms with van der Waals surface area (Å²) < 4.78 is 5.18. The molecule has 0 aliphatic heterocycles. The molecule has 1 amide bonds. The Bertz CT molecular complexity index is 384. The van der Waals surface area contributed by atoms with E-state index in [9.17, 15) is 4.79 Å². The number of carbonyl (C=O) groups excluding carboxylic acids is 1. The number of nitrogens with one attached hydrogen (secondary N) is 3. The molecule has 0 radical (unpaired) electrons. The molecule has 3 N–H and O–H groups in total. The third-order valence-corrected chi connectivity index (χ3v) is 3.26. The number of nitrogens with zero attached hydrogens (tertiary/aromatic N) is 2. The van der Waals surface area contributed by atoms with E-state index in [-0.39, 0.29) is 30.1 Å². The van der Waals surface area contributed by atoms with Gasteiger partial charge in [0.05, 0.1) is 0 Å². The van der Waals surface area contributed by atoms with Crippen molar-refractivity contribution in [2.24, 2.45) is 4.99 Å². The highest BCUT2D eigenvalue weighted by molar-refractivity contribution is 14.0. The van der Waals surface area contributed by atoms with Crippen LogP contribution in [0.3, 0.4) is 0 Å². The average Bonchev–Trinajstić information content (AvgIpc) is 2.44. The van der Waals surface area contributed by atoms with Crippen molar-refractivity contribution in [2.75, 3.05) is 39.8 Å². The molecule has 7 nitrogen and oxygen atoms in total. The van der Waals surface area contributed by atoms with Gasteiger partial charge in [-0.25, -0.2) is 4.79 Å². The fourth-order valence-electron chi connectivity index (χ4n) is 1.73. The normalized spacial score (nSPS) is 12.0. The SMILES string of the molecule is CCNC(=NCCCNC(=O)OC(C)(C)C)NCCN(C)C(C)C.I. The molecular weight excluding hydrogens is 433 g/mol. The first-order valence-corrected chi connectivity index (χ1v) is 8.85. The van der Waals surface area contributed by atoms with Gasteiger partial charge in [-0.2, -0.15) is 0 Å². The van der Waals surface area contributed by atoms with Crippen LogP contribution in [0, 0.1) is 0 Å². The molecule has 0 heterocycles. The molecule has 0 fully saturated rings. The molecule has 0 atom stereocenters. The van der Waals surface area contributed by atoms with Crippen molar-refractivity contribution in [3.05, 3.63) is 0 Å². The summed E-state index contributed by atoms with van der Waals surface area (Å²) in [5.74, 6) is 0.812. The first-order chi connectivity index (χ1) is 11.2. The van der Waals surface area contributed by atoms with Gasteiger partial charge in [-0.15, -0.1) is 24.0 Å². The lowest BCUT2D eigenvalue weighted by molar-refractivity contribution is 0.0527. The third kappa shape index (κ3) is 16.4. The maximum atomic E-state index is 11.5. The lowest BCUT2D eigenvalue weighted by Gasteiger charge is -2.21. The van der Waals surface area contributed by atoms with Gasteiger partial charge >= 0.3 is 6.09 Å². The molecule has 0 unspecified atom stereocenters. The van der Waals surface area contributed by atoms with E-state index in [1.807, 2.05) is 27.7 Å². The first kappa shape index (κ1) is 26.5. The summed E-state index contributed by atoms with van der Waals surface area (Å²) in [6, 6.07) is 0.533. The highest BCUT2D eigenvalue weighted by Gasteiger charge is 2.15. The van der Waals surface area contributed by atoms with Crippen molar-refractivity contribution in [3.63, 3.8) is 0 Å². The Morgan fingerprint density at radius 1 is 1.16 bits per heavy atom. The number of hydrogen-bond donors (Lipinski definition) is 3. The fourth-order valence-corrected chi connectivity index (χ4v) is 1.73. The van der Waals surface area contributed by atoms with Gasteiger partial charge in [0.2, 0.25) is 0 Å². The molecule has 0 aromatic carbocycles. The molecule has 0 rings (SSSR count). The van der Waals surface area contributed by atoms with Gasteiger partial charge in [-0.3, -0.25) is 4.99 Å². The van der Waals surface area contributed by atoms with Crippen molar-refractivity contribution in [3.8, 4) is 0 Å². The van der Waals surface area contributed by atoms with Crippen LogP contribution in [0.15, 0.2) is 4.99 Å². The summed E-state index contributed by atoms with van der Waals surface area (Å²) in [7, 11) is 2.11. The Morgan fingerprint density at radius 3 is 2.32 bits per heavy atom. The number of likely N-dealkylation sites (N-methyl/N-ethyl adjacent to an activating group) is 1. The van der Waals surface area contributed by atoms with E-state index in [1.54, 1.807) is 0 Å². The largest absolute Gasteiger partial charge is 0.444 e. The van der Waals surface area contributed by atoms with Crippen molar-refractivity contribution in [1.82, 2.24) is 20.9 Å². The molecule has 0 spiro atoms. The van der Waals surface area contributed by atoms with Crippen LogP contribution in [-0.2, 0) is 4.74 Å². The summed E-state index contributed by atoms with van der Waals surface area (Å²) in [5.41, 5.74) is -0.465. The third-order valence-electron chi connectivity index (χ3n) is 3.26. The van der Waals surface area contributed by atoms with E-state index < -0.39 is 5.60 Å². The fraction of sp³-hybridized carbons (Fsp3) is 0.882. The zero-order valence-electron chi connectivity index (χ0n) is 16.9. The van der Waals surface area contributed by atoms with Gasteiger partial charge in [0, 0.05) is 38.8 Å². The van der Waals surface area contributed by atoms with Crippen molar-refractivity contribution in [1.29, 1.82) is 0 Å². The minimum Gasteiger partial charge on any atom is -0.444 e. The number of halogens is 1. The number of ether oxygens (including phenoxy) is 1. The number of aliphatic imine (C=N–C) groups is 1. The zero-order valence-corrected chi connectivity index (χ0v) is 19.3. The summed E-state index contributed by atoms with van der Waals surface area (Å²) in [6.45, 7) is 15.8. The van der Waals surface area contributed by atoms with Crippen LogP contribution in [0.1, 0.15) is 48.0 Å². The molecule has 0 aliphatic rings. The van der Waals surface area contributed by atoms with Crippen molar-refractivity contribution in [2.45, 2.75) is 59.6 Å². The molecule has 0 aromatic heterocycles. The summed E-state index contributed by atoms with van der Waals surface area (Å²) in [5, 5.41) is 9.28. The van der Waals surface area contributed by atoms with E-state index in [2.05, 4.69) is 46.7 Å². The van der Waals surface area contributed by atoms with Crippen LogP contribution in [0.25, 0.3) is 0 Å². The predicted molar refractivity (Wildman–Crippen MR) is 116 cm³/mol. The van der Waals surface area contributed by atoms with Crippen LogP contribution >= 0.6 is 24.0 Å². The minimum absolute atomic E-state index is 0. The van der Waals surface area contributed by atoms with E-state index in [1.165, 1.54) is 0 Å². The molecule has 150 valence electrons. The molecule has 0 aromatic rings. The number of alkyl carbamates (subject to hydrolysis) is 1. The zero-order chi connectivity index (χ0) is 18.6. The molecule has 0 bridgehead atoms. The Labute approximate surface area is 170 Å². The van der Waals surface area contributed by atoms with Gasteiger partial charge in [0.25, 0.3) is 0 Å². The van der Waals surface area contributed by atoms with Gasteiger partial charge < -0.3 is 25.6 Å². The first-order valence-electron chi connectivity index (χ1n) is 8.85. The predicted octanol–water partition coefficient (Wildman–Crippen LogP) is 2.41. The number of guanidine groups is 1. The minimum atomic E-state index is -0.465. The second-order valence-corrected chi connectivity index (χ2v) is 7.04. The Morgan fingerprint density at radius 2 is 1.80 bits per heavy atom. The lowest BCUT2D eigenvalue weighted by Crippen LogP contribution is -2.42. The molecule has 0 saturated carbocycles. The molecule has 0 saturated heterocycles. The van der Waals surface area contributed by atoms with Gasteiger partial charge in [0.1, 0.15) is 5.60 Å². The number of rotatable bonds is 9. The topological polar surface area (TPSA) is 78.0 Å². The average molecular weight is 471 g/mol. The van der Waals surface area contributed by atoms with Crippen LogP contribution < -0.4 is 16.0 Å². The highest BCUT2D eigenvalue weighted by atomic mass is 127. The Hall–Kier alpha value is -0.770. The maximum absolute atomic E-state index is 11.5. The van der Waals surface area contributed by atoms with E-state index in [0.29, 0.717) is 19.1 Å². The van der Waals surface area contributed by atoms with Crippen molar-refractivity contribution >= 4 is 36.0 Å². The smallest absolute Gasteiger partial charge is 0.407 e. The van der Waals surface area contributed by atoms with Crippen LogP contribution in [0.4, 0.5) is 4.79 Å². The summed E-state index contributed by atoms with van der Waals surface area (Å²) in [4.78, 5) is 18.3. The van der Waals surface area contributed by atoms with Gasteiger partial charge in [0.15, 0.2) is 5.96 Å². The second kappa shape index (κ2) is 14.4. The molecule has 25 heavy (non-hydrogen) atoms. The van der Waals surface area contributed by atoms with Crippen LogP contribution in [-0.4, -0.2) is 68.4 Å². The molecule has 8 heteroatoms. The van der Waals surface area contributed by atoms with Gasteiger partial charge in [-0.1, -0.05) is 0 Å². The maximum Gasteiger partial charge on any atom is 0.407 e. The van der Waals surface area contributed by atoms with Crippen molar-refractivity contribution < 1.29 is 9.53 Å². The van der Waals surface area contributed by atoms with Crippen LogP contribution in [0.5, 0.6) is 0 Å². The van der Waals surface area contributed by atoms with Gasteiger partial charge in [-0.05, 0) is 55.0 Å². The van der Waals surface area contributed by atoms with Crippen LogP contribution in [0.2, 0.25) is 0 Å². The Balaban J connectivity index is 0. The number of hydrogen-bond acceptors (Lipinski definition) is 4. The van der Waals surface area contributed by atoms with E-state index in [4.69, 9.17) is 4.74 Å². The number of carbonyl (C=O) groups is 1.